The molecule has 1 saturated heterocycles. The molecule has 1 aromatic rings. The molecule has 0 spiro atoms. The first kappa shape index (κ1) is 19.5. The molecule has 27 heavy (non-hydrogen) atoms. The van der Waals surface area contributed by atoms with Crippen molar-refractivity contribution < 1.29 is 23.1 Å². The third-order valence-corrected chi connectivity index (χ3v) is 7.81. The molecule has 1 aromatic carbocycles. The number of carbonyl (C=O) groups excluding carboxylic acids is 1. The van der Waals surface area contributed by atoms with Crippen molar-refractivity contribution in [2.75, 3.05) is 6.54 Å². The van der Waals surface area contributed by atoms with Gasteiger partial charge in [-0.1, -0.05) is 23.7 Å². The SMILES string of the molecule is N#CC1(NC(=O)[C@@H]2C[C@@H](S(=O)(=O)c3ccccc3Cl)CN2C(=O)O)CCC1. The number of halogens is 1. The molecule has 144 valence electrons. The molecule has 2 N–H and O–H groups in total. The van der Waals surface area contributed by atoms with Crippen molar-refractivity contribution in [2.24, 2.45) is 0 Å². The summed E-state index contributed by atoms with van der Waals surface area (Å²) in [6.07, 6.45) is 0.219. The summed E-state index contributed by atoms with van der Waals surface area (Å²) >= 11 is 5.99. The van der Waals surface area contributed by atoms with Gasteiger partial charge in [-0.05, 0) is 37.8 Å². The minimum atomic E-state index is -3.93. The van der Waals surface area contributed by atoms with Crippen LogP contribution < -0.4 is 5.32 Å². The average molecular weight is 412 g/mol. The van der Waals surface area contributed by atoms with Gasteiger partial charge in [0.25, 0.3) is 0 Å². The van der Waals surface area contributed by atoms with Gasteiger partial charge in [0.05, 0.1) is 21.2 Å². The Morgan fingerprint density at radius 1 is 1.33 bits per heavy atom. The number of nitriles is 1. The molecule has 10 heteroatoms. The Bertz CT molecular complexity index is 923. The number of hydrogen-bond acceptors (Lipinski definition) is 5. The monoisotopic (exact) mass is 411 g/mol. The van der Waals surface area contributed by atoms with Gasteiger partial charge in [-0.3, -0.25) is 9.69 Å². The summed E-state index contributed by atoms with van der Waals surface area (Å²) in [5.74, 6) is -0.643. The number of benzene rings is 1. The molecule has 8 nitrogen and oxygen atoms in total. The van der Waals surface area contributed by atoms with E-state index in [0.717, 1.165) is 11.3 Å². The summed E-state index contributed by atoms with van der Waals surface area (Å²) in [4.78, 5) is 24.9. The van der Waals surface area contributed by atoms with Crippen molar-refractivity contribution in [3.8, 4) is 6.07 Å². The Balaban J connectivity index is 1.85. The number of nitrogens with one attached hydrogen (secondary N) is 1. The van der Waals surface area contributed by atoms with Gasteiger partial charge in [0.1, 0.15) is 11.6 Å². The van der Waals surface area contributed by atoms with Crippen LogP contribution in [0.4, 0.5) is 4.79 Å². The Kier molecular flexibility index (Phi) is 5.06. The second-order valence-electron chi connectivity index (χ2n) is 6.82. The summed E-state index contributed by atoms with van der Waals surface area (Å²) in [7, 11) is -3.93. The third-order valence-electron chi connectivity index (χ3n) is 5.18. The van der Waals surface area contributed by atoms with Crippen molar-refractivity contribution in [1.29, 1.82) is 5.26 Å². The van der Waals surface area contributed by atoms with E-state index in [1.165, 1.54) is 18.2 Å². The van der Waals surface area contributed by atoms with Crippen LogP contribution in [0.2, 0.25) is 5.02 Å². The second-order valence-corrected chi connectivity index (χ2v) is 9.42. The normalized spacial score (nSPS) is 23.9. The Labute approximate surface area is 161 Å². The van der Waals surface area contributed by atoms with Gasteiger partial charge in [-0.25, -0.2) is 13.2 Å². The highest BCUT2D eigenvalue weighted by atomic mass is 35.5. The van der Waals surface area contributed by atoms with Gasteiger partial charge in [-0.2, -0.15) is 5.26 Å². The molecule has 2 amide bonds. The largest absolute Gasteiger partial charge is 0.465 e. The molecule has 0 radical (unpaired) electrons. The van der Waals surface area contributed by atoms with Crippen LogP contribution in [-0.4, -0.2) is 53.8 Å². The van der Waals surface area contributed by atoms with E-state index in [9.17, 15) is 28.4 Å². The quantitative estimate of drug-likeness (QED) is 0.777. The molecule has 1 aliphatic heterocycles. The van der Waals surface area contributed by atoms with Gasteiger partial charge in [-0.15, -0.1) is 0 Å². The number of carbonyl (C=O) groups is 2. The first-order valence-corrected chi connectivity index (χ1v) is 10.3. The van der Waals surface area contributed by atoms with Crippen LogP contribution in [0.5, 0.6) is 0 Å². The van der Waals surface area contributed by atoms with E-state index in [-0.39, 0.29) is 22.9 Å². The molecule has 1 saturated carbocycles. The first-order valence-electron chi connectivity index (χ1n) is 8.41. The number of amides is 2. The lowest BCUT2D eigenvalue weighted by atomic mass is 9.78. The van der Waals surface area contributed by atoms with Crippen LogP contribution in [0.25, 0.3) is 0 Å². The minimum Gasteiger partial charge on any atom is -0.465 e. The molecule has 3 rings (SSSR count). The summed E-state index contributed by atoms with van der Waals surface area (Å²) < 4.78 is 25.8. The van der Waals surface area contributed by atoms with Crippen LogP contribution in [-0.2, 0) is 14.6 Å². The minimum absolute atomic E-state index is 0.0465. The lowest BCUT2D eigenvalue weighted by Gasteiger charge is -2.37. The van der Waals surface area contributed by atoms with Gasteiger partial charge in [0.2, 0.25) is 5.91 Å². The van der Waals surface area contributed by atoms with E-state index in [0.29, 0.717) is 12.8 Å². The number of rotatable bonds is 4. The second kappa shape index (κ2) is 7.02. The Hall–Kier alpha value is -2.31. The highest BCUT2D eigenvalue weighted by Crippen LogP contribution is 2.34. The zero-order valence-electron chi connectivity index (χ0n) is 14.3. The average Bonchev–Trinajstić information content (AvgIpc) is 3.05. The molecular weight excluding hydrogens is 394 g/mol. The maximum atomic E-state index is 12.9. The lowest BCUT2D eigenvalue weighted by Crippen LogP contribution is -2.57. The Morgan fingerprint density at radius 3 is 2.52 bits per heavy atom. The van der Waals surface area contributed by atoms with E-state index in [2.05, 4.69) is 11.4 Å². The zero-order valence-corrected chi connectivity index (χ0v) is 15.8. The lowest BCUT2D eigenvalue weighted by molar-refractivity contribution is -0.127. The van der Waals surface area contributed by atoms with Crippen molar-refractivity contribution in [2.45, 2.75) is 47.4 Å². The van der Waals surface area contributed by atoms with Gasteiger partial charge >= 0.3 is 6.09 Å². The van der Waals surface area contributed by atoms with E-state index in [4.69, 9.17) is 11.6 Å². The predicted molar refractivity (Wildman–Crippen MR) is 95.9 cm³/mol. The number of sulfone groups is 1. The van der Waals surface area contributed by atoms with Crippen molar-refractivity contribution in [3.05, 3.63) is 29.3 Å². The first-order chi connectivity index (χ1) is 12.7. The highest BCUT2D eigenvalue weighted by molar-refractivity contribution is 7.92. The van der Waals surface area contributed by atoms with Crippen LogP contribution in [0.15, 0.2) is 29.2 Å². The molecule has 2 atom stereocenters. The van der Waals surface area contributed by atoms with E-state index < -0.39 is 38.7 Å². The maximum Gasteiger partial charge on any atom is 0.408 e. The van der Waals surface area contributed by atoms with Crippen LogP contribution in [0.3, 0.4) is 0 Å². The topological polar surface area (TPSA) is 128 Å². The Morgan fingerprint density at radius 2 is 2.00 bits per heavy atom. The summed E-state index contributed by atoms with van der Waals surface area (Å²) in [5, 5.41) is 20.2. The van der Waals surface area contributed by atoms with Gasteiger partial charge < -0.3 is 10.4 Å². The molecule has 0 bridgehead atoms. The molecule has 1 aliphatic carbocycles. The fourth-order valence-electron chi connectivity index (χ4n) is 3.45. The van der Waals surface area contributed by atoms with Crippen LogP contribution in [0.1, 0.15) is 25.7 Å². The van der Waals surface area contributed by atoms with E-state index in [1.54, 1.807) is 6.07 Å². The van der Waals surface area contributed by atoms with Crippen molar-refractivity contribution >= 4 is 33.4 Å². The van der Waals surface area contributed by atoms with E-state index >= 15 is 0 Å². The smallest absolute Gasteiger partial charge is 0.408 e. The number of nitrogens with zero attached hydrogens (tertiary/aromatic N) is 2. The van der Waals surface area contributed by atoms with Crippen molar-refractivity contribution in [3.63, 3.8) is 0 Å². The summed E-state index contributed by atoms with van der Waals surface area (Å²) in [6, 6.07) is 6.80. The zero-order chi connectivity index (χ0) is 19.8. The molecular formula is C17H18ClN3O5S. The number of hydrogen-bond donors (Lipinski definition) is 2. The van der Waals surface area contributed by atoms with Gasteiger partial charge in [0.15, 0.2) is 9.84 Å². The highest BCUT2D eigenvalue weighted by Gasteiger charge is 2.48. The molecule has 2 fully saturated rings. The molecule has 0 aromatic heterocycles. The summed E-state index contributed by atoms with van der Waals surface area (Å²) in [6.45, 7) is -0.333. The molecule has 1 heterocycles. The molecule has 2 aliphatic rings. The summed E-state index contributed by atoms with van der Waals surface area (Å²) in [5.41, 5.74) is -0.985. The maximum absolute atomic E-state index is 12.9. The third kappa shape index (κ3) is 3.47. The molecule has 0 unspecified atom stereocenters. The van der Waals surface area contributed by atoms with Gasteiger partial charge in [0, 0.05) is 6.54 Å². The fraction of sp³-hybridized carbons (Fsp3) is 0.471. The van der Waals surface area contributed by atoms with Crippen LogP contribution in [0, 0.1) is 11.3 Å². The van der Waals surface area contributed by atoms with E-state index in [1.807, 2.05) is 0 Å². The standard InChI is InChI=1S/C17H18ClN3O5S/c18-12-4-1-2-5-14(12)27(25,26)11-8-13(21(9-11)16(23)24)15(22)20-17(10-19)6-3-7-17/h1-2,4-5,11,13H,3,6-9H2,(H,20,22)(H,23,24)/t11-,13+/m1/s1. The van der Waals surface area contributed by atoms with Crippen LogP contribution >= 0.6 is 11.6 Å². The fourth-order valence-corrected chi connectivity index (χ4v) is 5.67. The number of carboxylic acid groups (broad SMARTS) is 1. The number of likely N-dealkylation sites (tertiary alicyclic amines) is 1. The van der Waals surface area contributed by atoms with Crippen molar-refractivity contribution in [1.82, 2.24) is 10.2 Å². The predicted octanol–water partition coefficient (Wildman–Crippen LogP) is 1.80.